The van der Waals surface area contributed by atoms with Gasteiger partial charge in [-0.2, -0.15) is 5.10 Å². The van der Waals surface area contributed by atoms with Crippen molar-refractivity contribution in [1.82, 2.24) is 9.78 Å². The molecule has 2 N–H and O–H groups in total. The SMILES string of the molecule is Cc1cc(Nc2cc(C(=O)O)ccc2F)n(-c2cccc(Cl)c2)n1. The average Bonchev–Trinajstić information content (AvgIpc) is 2.90. The van der Waals surface area contributed by atoms with Crippen molar-refractivity contribution in [3.05, 3.63) is 70.6 Å². The topological polar surface area (TPSA) is 67.2 Å². The highest BCUT2D eigenvalue weighted by Crippen LogP contribution is 2.25. The monoisotopic (exact) mass is 345 g/mol. The number of aromatic nitrogens is 2. The fourth-order valence-corrected chi connectivity index (χ4v) is 2.47. The van der Waals surface area contributed by atoms with Crippen molar-refractivity contribution in [1.29, 1.82) is 0 Å². The van der Waals surface area contributed by atoms with Gasteiger partial charge in [0.15, 0.2) is 0 Å². The first-order valence-electron chi connectivity index (χ1n) is 7.06. The summed E-state index contributed by atoms with van der Waals surface area (Å²) in [5.74, 6) is -1.19. The van der Waals surface area contributed by atoms with Gasteiger partial charge in [-0.1, -0.05) is 17.7 Å². The second-order valence-corrected chi connectivity index (χ2v) is 5.62. The van der Waals surface area contributed by atoms with E-state index in [1.54, 1.807) is 35.9 Å². The molecule has 0 radical (unpaired) electrons. The first-order chi connectivity index (χ1) is 11.4. The van der Waals surface area contributed by atoms with Gasteiger partial charge in [0, 0.05) is 11.1 Å². The summed E-state index contributed by atoms with van der Waals surface area (Å²) >= 11 is 6.01. The summed E-state index contributed by atoms with van der Waals surface area (Å²) in [4.78, 5) is 11.1. The van der Waals surface area contributed by atoms with Crippen LogP contribution < -0.4 is 5.32 Å². The fraction of sp³-hybridized carbons (Fsp3) is 0.0588. The lowest BCUT2D eigenvalue weighted by molar-refractivity contribution is 0.0697. The van der Waals surface area contributed by atoms with Gasteiger partial charge in [-0.15, -0.1) is 0 Å². The van der Waals surface area contributed by atoms with E-state index in [2.05, 4.69) is 10.4 Å². The number of benzene rings is 2. The van der Waals surface area contributed by atoms with Gasteiger partial charge >= 0.3 is 5.97 Å². The number of nitrogens with one attached hydrogen (secondary N) is 1. The Kier molecular flexibility index (Phi) is 4.22. The lowest BCUT2D eigenvalue weighted by Crippen LogP contribution is -2.05. The zero-order valence-corrected chi connectivity index (χ0v) is 13.4. The van der Waals surface area contributed by atoms with E-state index < -0.39 is 11.8 Å². The van der Waals surface area contributed by atoms with Crippen LogP contribution in [0.5, 0.6) is 0 Å². The molecule has 0 saturated heterocycles. The molecule has 24 heavy (non-hydrogen) atoms. The minimum absolute atomic E-state index is 0.00978. The van der Waals surface area contributed by atoms with E-state index in [-0.39, 0.29) is 11.3 Å². The van der Waals surface area contributed by atoms with Gasteiger partial charge < -0.3 is 10.4 Å². The second kappa shape index (κ2) is 6.33. The van der Waals surface area contributed by atoms with E-state index in [1.807, 2.05) is 6.07 Å². The molecule has 1 aromatic heterocycles. The number of carboxylic acids is 1. The molecule has 0 amide bonds. The Morgan fingerprint density at radius 1 is 1.25 bits per heavy atom. The van der Waals surface area contributed by atoms with Crippen LogP contribution in [0.15, 0.2) is 48.5 Å². The van der Waals surface area contributed by atoms with E-state index in [4.69, 9.17) is 16.7 Å². The number of halogens is 2. The van der Waals surface area contributed by atoms with Crippen LogP contribution >= 0.6 is 11.6 Å². The zero-order valence-electron chi connectivity index (χ0n) is 12.6. The number of hydrogen-bond acceptors (Lipinski definition) is 3. The molecule has 0 atom stereocenters. The molecule has 122 valence electrons. The van der Waals surface area contributed by atoms with Crippen LogP contribution in [0.3, 0.4) is 0 Å². The number of rotatable bonds is 4. The van der Waals surface area contributed by atoms with E-state index in [0.29, 0.717) is 22.2 Å². The first kappa shape index (κ1) is 16.0. The molecular formula is C17H13ClFN3O2. The Hall–Kier alpha value is -2.86. The van der Waals surface area contributed by atoms with Crippen molar-refractivity contribution in [3.63, 3.8) is 0 Å². The lowest BCUT2D eigenvalue weighted by Gasteiger charge is -2.11. The first-order valence-corrected chi connectivity index (χ1v) is 7.44. The molecule has 3 rings (SSSR count). The summed E-state index contributed by atoms with van der Waals surface area (Å²) < 4.78 is 15.6. The number of nitrogens with zero attached hydrogens (tertiary/aromatic N) is 2. The highest BCUT2D eigenvalue weighted by atomic mass is 35.5. The van der Waals surface area contributed by atoms with Crippen LogP contribution in [0, 0.1) is 12.7 Å². The lowest BCUT2D eigenvalue weighted by atomic mass is 10.2. The van der Waals surface area contributed by atoms with Crippen molar-refractivity contribution in [3.8, 4) is 5.69 Å². The molecule has 0 aliphatic heterocycles. The summed E-state index contributed by atoms with van der Waals surface area (Å²) in [7, 11) is 0. The standard InChI is InChI=1S/C17H13ClFN3O2/c1-10-7-16(22(21-10)13-4-2-3-12(18)9-13)20-15-8-11(17(23)24)5-6-14(15)19/h2-9,20H,1H3,(H,23,24). The number of aromatic carboxylic acids is 1. The Morgan fingerprint density at radius 3 is 2.75 bits per heavy atom. The number of carbonyl (C=O) groups is 1. The molecule has 0 saturated carbocycles. The largest absolute Gasteiger partial charge is 0.478 e. The average molecular weight is 346 g/mol. The van der Waals surface area contributed by atoms with E-state index in [1.165, 1.54) is 12.1 Å². The summed E-state index contributed by atoms with van der Waals surface area (Å²) in [6.45, 7) is 1.80. The molecule has 3 aromatic rings. The Balaban J connectivity index is 2.03. The van der Waals surface area contributed by atoms with Gasteiger partial charge in [0.05, 0.1) is 22.6 Å². The molecular weight excluding hydrogens is 333 g/mol. The van der Waals surface area contributed by atoms with Crippen molar-refractivity contribution in [2.45, 2.75) is 6.92 Å². The highest BCUT2D eigenvalue weighted by molar-refractivity contribution is 6.30. The van der Waals surface area contributed by atoms with E-state index in [0.717, 1.165) is 6.07 Å². The summed E-state index contributed by atoms with van der Waals surface area (Å²) in [6, 6.07) is 12.3. The number of hydrogen-bond donors (Lipinski definition) is 2. The quantitative estimate of drug-likeness (QED) is 0.734. The predicted octanol–water partition coefficient (Wildman–Crippen LogP) is 4.42. The van der Waals surface area contributed by atoms with Gasteiger partial charge in [0.2, 0.25) is 0 Å². The van der Waals surface area contributed by atoms with Crippen molar-refractivity contribution in [2.75, 3.05) is 5.32 Å². The van der Waals surface area contributed by atoms with Crippen LogP contribution in [-0.2, 0) is 0 Å². The molecule has 0 fully saturated rings. The molecule has 5 nitrogen and oxygen atoms in total. The molecule has 0 unspecified atom stereocenters. The normalized spacial score (nSPS) is 10.6. The maximum Gasteiger partial charge on any atom is 0.335 e. The second-order valence-electron chi connectivity index (χ2n) is 5.19. The maximum atomic E-state index is 14.0. The Morgan fingerprint density at radius 2 is 2.04 bits per heavy atom. The minimum atomic E-state index is -1.13. The smallest absolute Gasteiger partial charge is 0.335 e. The van der Waals surface area contributed by atoms with Gasteiger partial charge in [-0.05, 0) is 43.3 Å². The molecule has 7 heteroatoms. The van der Waals surface area contributed by atoms with Crippen molar-refractivity contribution in [2.24, 2.45) is 0 Å². The summed E-state index contributed by atoms with van der Waals surface area (Å²) in [6.07, 6.45) is 0. The molecule has 0 aliphatic carbocycles. The molecule has 1 heterocycles. The van der Waals surface area contributed by atoms with Gasteiger partial charge in [0.25, 0.3) is 0 Å². The third-order valence-corrected chi connectivity index (χ3v) is 3.60. The van der Waals surface area contributed by atoms with Crippen molar-refractivity contribution < 1.29 is 14.3 Å². The van der Waals surface area contributed by atoms with Crippen LogP contribution in [0.2, 0.25) is 5.02 Å². The predicted molar refractivity (Wildman–Crippen MR) is 90.0 cm³/mol. The van der Waals surface area contributed by atoms with Gasteiger partial charge in [-0.25, -0.2) is 13.9 Å². The minimum Gasteiger partial charge on any atom is -0.478 e. The third-order valence-electron chi connectivity index (χ3n) is 3.36. The summed E-state index contributed by atoms with van der Waals surface area (Å²) in [5, 5.41) is 16.9. The Labute approximate surface area is 142 Å². The van der Waals surface area contributed by atoms with Gasteiger partial charge in [0.1, 0.15) is 11.6 Å². The highest BCUT2D eigenvalue weighted by Gasteiger charge is 2.13. The van der Waals surface area contributed by atoms with Crippen molar-refractivity contribution >= 4 is 29.1 Å². The molecule has 0 bridgehead atoms. The zero-order chi connectivity index (χ0) is 17.3. The molecule has 2 aromatic carbocycles. The van der Waals surface area contributed by atoms with Crippen LogP contribution in [-0.4, -0.2) is 20.9 Å². The van der Waals surface area contributed by atoms with Crippen LogP contribution in [0.1, 0.15) is 16.1 Å². The Bertz CT molecular complexity index is 924. The number of carboxylic acid groups (broad SMARTS) is 1. The van der Waals surface area contributed by atoms with Crippen LogP contribution in [0.25, 0.3) is 5.69 Å². The number of aryl methyl sites for hydroxylation is 1. The fourth-order valence-electron chi connectivity index (χ4n) is 2.29. The van der Waals surface area contributed by atoms with Crippen LogP contribution in [0.4, 0.5) is 15.9 Å². The summed E-state index contributed by atoms with van der Waals surface area (Å²) in [5.41, 5.74) is 1.46. The van der Waals surface area contributed by atoms with E-state index >= 15 is 0 Å². The molecule has 0 spiro atoms. The van der Waals surface area contributed by atoms with E-state index in [9.17, 15) is 9.18 Å². The molecule has 0 aliphatic rings. The third kappa shape index (κ3) is 3.23. The van der Waals surface area contributed by atoms with Gasteiger partial charge in [-0.3, -0.25) is 0 Å². The maximum absolute atomic E-state index is 14.0. The number of anilines is 2.